The number of ketones is 1. The molecule has 0 aromatic heterocycles. The monoisotopic (exact) mass is 364 g/mol. The number of carbonyl (C=O) groups is 1. The van der Waals surface area contributed by atoms with Crippen molar-refractivity contribution >= 4 is 5.78 Å². The standard InChI is InChI=1S/C19H18F2O5/c1-23-10-25-17-14(7-9-16(18(17)24-2)26-19(20)21)11-4-3-5-13-12(11)6-8-15(13)22/h3-5,7,9,19H,6,8,10H2,1-2H3. The van der Waals surface area contributed by atoms with Crippen molar-refractivity contribution in [2.24, 2.45) is 0 Å². The van der Waals surface area contributed by atoms with E-state index in [1.54, 1.807) is 18.2 Å². The third kappa shape index (κ3) is 3.35. The second-order valence-electron chi connectivity index (χ2n) is 5.66. The molecule has 1 aliphatic carbocycles. The molecule has 1 aliphatic rings. The smallest absolute Gasteiger partial charge is 0.387 e. The Balaban J connectivity index is 2.17. The van der Waals surface area contributed by atoms with Crippen LogP contribution in [0.3, 0.4) is 0 Å². The Labute approximate surface area is 149 Å². The maximum atomic E-state index is 12.7. The predicted octanol–water partition coefficient (Wildman–Crippen LogP) is 4.08. The predicted molar refractivity (Wildman–Crippen MR) is 90.2 cm³/mol. The Hall–Kier alpha value is -2.67. The van der Waals surface area contributed by atoms with Crippen molar-refractivity contribution in [3.63, 3.8) is 0 Å². The number of benzene rings is 2. The van der Waals surface area contributed by atoms with E-state index in [1.807, 2.05) is 6.07 Å². The average Bonchev–Trinajstić information content (AvgIpc) is 3.01. The normalized spacial score (nSPS) is 13.0. The van der Waals surface area contributed by atoms with E-state index < -0.39 is 6.61 Å². The van der Waals surface area contributed by atoms with Crippen molar-refractivity contribution < 1.29 is 32.5 Å². The highest BCUT2D eigenvalue weighted by molar-refractivity contribution is 6.02. The highest BCUT2D eigenvalue weighted by Crippen LogP contribution is 2.47. The van der Waals surface area contributed by atoms with E-state index in [4.69, 9.17) is 14.2 Å². The van der Waals surface area contributed by atoms with E-state index >= 15 is 0 Å². The van der Waals surface area contributed by atoms with Crippen molar-refractivity contribution in [3.05, 3.63) is 41.5 Å². The van der Waals surface area contributed by atoms with Gasteiger partial charge in [-0.1, -0.05) is 18.2 Å². The topological polar surface area (TPSA) is 54.0 Å². The first-order valence-electron chi connectivity index (χ1n) is 7.99. The highest BCUT2D eigenvalue weighted by atomic mass is 19.3. The van der Waals surface area contributed by atoms with Crippen LogP contribution in [-0.4, -0.2) is 33.4 Å². The summed E-state index contributed by atoms with van der Waals surface area (Å²) in [5.41, 5.74) is 2.99. The first-order chi connectivity index (χ1) is 12.6. The lowest BCUT2D eigenvalue weighted by Crippen LogP contribution is -2.07. The SMILES string of the molecule is COCOc1c(-c2cccc3c2CCC3=O)ccc(OC(F)F)c1OC. The van der Waals surface area contributed by atoms with Crippen LogP contribution in [0.2, 0.25) is 0 Å². The fourth-order valence-electron chi connectivity index (χ4n) is 3.14. The number of fused-ring (bicyclic) bond motifs is 1. The van der Waals surface area contributed by atoms with Crippen LogP contribution in [-0.2, 0) is 11.2 Å². The number of methoxy groups -OCH3 is 2. The van der Waals surface area contributed by atoms with E-state index in [0.29, 0.717) is 24.0 Å². The van der Waals surface area contributed by atoms with Crippen LogP contribution in [0.5, 0.6) is 17.2 Å². The quantitative estimate of drug-likeness (QED) is 0.693. The van der Waals surface area contributed by atoms with E-state index in [1.165, 1.54) is 20.3 Å². The third-order valence-electron chi connectivity index (χ3n) is 4.19. The Morgan fingerprint density at radius 3 is 2.46 bits per heavy atom. The third-order valence-corrected chi connectivity index (χ3v) is 4.19. The van der Waals surface area contributed by atoms with Gasteiger partial charge in [-0.2, -0.15) is 8.78 Å². The molecule has 26 heavy (non-hydrogen) atoms. The van der Waals surface area contributed by atoms with Crippen molar-refractivity contribution in [3.8, 4) is 28.4 Å². The average molecular weight is 364 g/mol. The summed E-state index contributed by atoms with van der Waals surface area (Å²) in [6, 6.07) is 8.45. The van der Waals surface area contributed by atoms with Crippen LogP contribution >= 0.6 is 0 Å². The Morgan fingerprint density at radius 2 is 1.77 bits per heavy atom. The summed E-state index contributed by atoms with van der Waals surface area (Å²) in [5.74, 6) is 0.217. The van der Waals surface area contributed by atoms with E-state index in [-0.39, 0.29) is 29.8 Å². The number of hydrogen-bond acceptors (Lipinski definition) is 5. The highest BCUT2D eigenvalue weighted by Gasteiger charge is 2.26. The lowest BCUT2D eigenvalue weighted by atomic mass is 9.95. The second-order valence-corrected chi connectivity index (χ2v) is 5.66. The van der Waals surface area contributed by atoms with Crippen LogP contribution in [0.15, 0.2) is 30.3 Å². The van der Waals surface area contributed by atoms with Gasteiger partial charge in [0.05, 0.1) is 7.11 Å². The minimum absolute atomic E-state index is 0.0433. The summed E-state index contributed by atoms with van der Waals surface area (Å²) in [4.78, 5) is 12.0. The molecule has 7 heteroatoms. The first-order valence-corrected chi connectivity index (χ1v) is 7.99. The zero-order valence-corrected chi connectivity index (χ0v) is 14.4. The van der Waals surface area contributed by atoms with Crippen molar-refractivity contribution in [2.45, 2.75) is 19.5 Å². The summed E-state index contributed by atoms with van der Waals surface area (Å²) in [6.07, 6.45) is 1.07. The molecule has 0 amide bonds. The first kappa shape index (κ1) is 18.1. The summed E-state index contributed by atoms with van der Waals surface area (Å²) in [7, 11) is 2.79. The maximum absolute atomic E-state index is 12.7. The molecule has 0 N–H and O–H groups in total. The summed E-state index contributed by atoms with van der Waals surface area (Å²) in [6.45, 7) is -3.10. The van der Waals surface area contributed by atoms with E-state index in [0.717, 1.165) is 11.1 Å². The van der Waals surface area contributed by atoms with Crippen LogP contribution in [0, 0.1) is 0 Å². The second kappa shape index (κ2) is 7.70. The van der Waals surface area contributed by atoms with Crippen LogP contribution in [0.25, 0.3) is 11.1 Å². The number of carbonyl (C=O) groups excluding carboxylic acids is 1. The van der Waals surface area contributed by atoms with Gasteiger partial charge in [0, 0.05) is 24.7 Å². The van der Waals surface area contributed by atoms with Crippen molar-refractivity contribution in [1.29, 1.82) is 0 Å². The van der Waals surface area contributed by atoms with Crippen molar-refractivity contribution in [2.75, 3.05) is 21.0 Å². The van der Waals surface area contributed by atoms with Gasteiger partial charge in [0.25, 0.3) is 0 Å². The molecule has 3 rings (SSSR count). The van der Waals surface area contributed by atoms with Crippen LogP contribution < -0.4 is 14.2 Å². The Bertz CT molecular complexity index is 820. The summed E-state index contributed by atoms with van der Waals surface area (Å²) >= 11 is 0. The van der Waals surface area contributed by atoms with E-state index in [9.17, 15) is 13.6 Å². The summed E-state index contributed by atoms with van der Waals surface area (Å²) in [5, 5.41) is 0. The van der Waals surface area contributed by atoms with E-state index in [2.05, 4.69) is 4.74 Å². The fraction of sp³-hybridized carbons (Fsp3) is 0.316. The maximum Gasteiger partial charge on any atom is 0.387 e. The Morgan fingerprint density at radius 1 is 1.00 bits per heavy atom. The number of ether oxygens (including phenoxy) is 4. The molecule has 0 bridgehead atoms. The van der Waals surface area contributed by atoms with Gasteiger partial charge >= 0.3 is 6.61 Å². The molecule has 0 radical (unpaired) electrons. The zero-order chi connectivity index (χ0) is 18.7. The molecule has 0 aliphatic heterocycles. The molecule has 0 fully saturated rings. The number of halogens is 2. The number of Topliss-reactive ketones (excluding diaryl/α,β-unsaturated/α-hetero) is 1. The lowest BCUT2D eigenvalue weighted by molar-refractivity contribution is -0.0515. The van der Waals surface area contributed by atoms with Gasteiger partial charge in [0.15, 0.2) is 24.1 Å². The molecule has 2 aromatic carbocycles. The number of alkyl halides is 2. The molecule has 0 saturated carbocycles. The van der Waals surface area contributed by atoms with Gasteiger partial charge < -0.3 is 18.9 Å². The van der Waals surface area contributed by atoms with Gasteiger partial charge in [-0.25, -0.2) is 0 Å². The Kier molecular flexibility index (Phi) is 5.37. The minimum Gasteiger partial charge on any atom is -0.490 e. The number of hydrogen-bond donors (Lipinski definition) is 0. The van der Waals surface area contributed by atoms with Crippen molar-refractivity contribution in [1.82, 2.24) is 0 Å². The molecular formula is C19H18F2O5. The van der Waals surface area contributed by atoms with Gasteiger partial charge in [-0.05, 0) is 29.7 Å². The number of rotatable bonds is 7. The zero-order valence-electron chi connectivity index (χ0n) is 14.4. The van der Waals surface area contributed by atoms with Gasteiger partial charge in [0.2, 0.25) is 5.75 Å². The molecule has 0 spiro atoms. The van der Waals surface area contributed by atoms with Crippen LogP contribution in [0.1, 0.15) is 22.3 Å². The van der Waals surface area contributed by atoms with Gasteiger partial charge in [-0.15, -0.1) is 0 Å². The molecule has 0 unspecified atom stereocenters. The van der Waals surface area contributed by atoms with Gasteiger partial charge in [0.1, 0.15) is 0 Å². The minimum atomic E-state index is -3.00. The fourth-order valence-corrected chi connectivity index (χ4v) is 3.14. The van der Waals surface area contributed by atoms with Crippen LogP contribution in [0.4, 0.5) is 8.78 Å². The molecule has 5 nitrogen and oxygen atoms in total. The molecule has 2 aromatic rings. The van der Waals surface area contributed by atoms with Gasteiger partial charge in [-0.3, -0.25) is 4.79 Å². The molecule has 0 atom stereocenters. The molecule has 0 saturated heterocycles. The molecular weight excluding hydrogens is 346 g/mol. The largest absolute Gasteiger partial charge is 0.490 e. The summed E-state index contributed by atoms with van der Waals surface area (Å²) < 4.78 is 45.7. The molecule has 0 heterocycles. The lowest BCUT2D eigenvalue weighted by Gasteiger charge is -2.19. The molecule has 138 valence electrons.